The zero-order valence-electron chi connectivity index (χ0n) is 16.3. The molecule has 1 heterocycles. The average molecular weight is 470 g/mol. The van der Waals surface area contributed by atoms with E-state index in [9.17, 15) is 18.1 Å². The third-order valence-corrected chi connectivity index (χ3v) is 7.97. The first-order valence-electron chi connectivity index (χ1n) is 8.98. The Kier molecular flexibility index (Phi) is 6.78. The van der Waals surface area contributed by atoms with E-state index in [0.29, 0.717) is 16.0 Å². The molecular formula is C21H19ClF2NO3PS. The van der Waals surface area contributed by atoms with Gasteiger partial charge in [0.15, 0.2) is 11.6 Å². The van der Waals surface area contributed by atoms with E-state index in [1.54, 1.807) is 24.4 Å². The second-order valence-electron chi connectivity index (χ2n) is 6.55. The van der Waals surface area contributed by atoms with Gasteiger partial charge in [-0.3, -0.25) is 14.3 Å². The lowest BCUT2D eigenvalue weighted by molar-refractivity contribution is -0.117. The molecule has 0 spiro atoms. The highest BCUT2D eigenvalue weighted by atomic mass is 35.5. The molecule has 2 aromatic carbocycles. The molecule has 0 bridgehead atoms. The van der Waals surface area contributed by atoms with Gasteiger partial charge in [0.25, 0.3) is 0 Å². The standard InChI is InChI=1S/C21H19ClF2NO3PS/c1-4-25(14-7-8-17(23)18(24)11-14)21(26)20(29(3,27)28-5-2)16-12-30-19-9-6-13(22)10-15(16)19/h4,6-12,20H,1,5H2,2-3H3. The minimum Gasteiger partial charge on any atom is -0.328 e. The van der Waals surface area contributed by atoms with Crippen molar-refractivity contribution < 1.29 is 22.7 Å². The van der Waals surface area contributed by atoms with Crippen molar-refractivity contribution in [3.8, 4) is 0 Å². The highest BCUT2D eigenvalue weighted by Gasteiger charge is 2.41. The van der Waals surface area contributed by atoms with Gasteiger partial charge in [-0.05, 0) is 53.6 Å². The van der Waals surface area contributed by atoms with Gasteiger partial charge in [0.1, 0.15) is 5.66 Å². The van der Waals surface area contributed by atoms with Crippen molar-refractivity contribution in [3.63, 3.8) is 0 Å². The molecule has 1 amide bonds. The predicted molar refractivity (Wildman–Crippen MR) is 119 cm³/mol. The summed E-state index contributed by atoms with van der Waals surface area (Å²) >= 11 is 7.52. The Morgan fingerprint density at radius 3 is 2.67 bits per heavy atom. The van der Waals surface area contributed by atoms with Crippen LogP contribution in [-0.2, 0) is 13.9 Å². The van der Waals surface area contributed by atoms with Gasteiger partial charge in [0, 0.05) is 28.7 Å². The van der Waals surface area contributed by atoms with Gasteiger partial charge < -0.3 is 4.52 Å². The van der Waals surface area contributed by atoms with Crippen LogP contribution in [0.5, 0.6) is 0 Å². The SMILES string of the molecule is C=CN(C(=O)C(c1csc2ccc(Cl)cc12)P(C)(=O)OCC)c1ccc(F)c(F)c1. The smallest absolute Gasteiger partial charge is 0.248 e. The van der Waals surface area contributed by atoms with Crippen LogP contribution in [0.4, 0.5) is 14.5 Å². The fraction of sp³-hybridized carbons (Fsp3) is 0.190. The van der Waals surface area contributed by atoms with Crippen molar-refractivity contribution >= 4 is 52.0 Å². The summed E-state index contributed by atoms with van der Waals surface area (Å²) in [6.07, 6.45) is 1.18. The van der Waals surface area contributed by atoms with Gasteiger partial charge in [-0.25, -0.2) is 8.78 Å². The number of anilines is 1. The largest absolute Gasteiger partial charge is 0.328 e. The van der Waals surface area contributed by atoms with Crippen LogP contribution < -0.4 is 4.90 Å². The second-order valence-corrected chi connectivity index (χ2v) is 10.5. The fourth-order valence-corrected chi connectivity index (χ4v) is 6.39. The maximum Gasteiger partial charge on any atom is 0.248 e. The normalized spacial score (nSPS) is 14.3. The number of halogens is 3. The maximum atomic E-state index is 13.8. The van der Waals surface area contributed by atoms with Gasteiger partial charge in [0.2, 0.25) is 13.3 Å². The van der Waals surface area contributed by atoms with Crippen LogP contribution in [0.2, 0.25) is 5.02 Å². The van der Waals surface area contributed by atoms with Gasteiger partial charge in [-0.1, -0.05) is 18.2 Å². The Morgan fingerprint density at radius 2 is 2.03 bits per heavy atom. The van der Waals surface area contributed by atoms with Gasteiger partial charge in [-0.15, -0.1) is 11.3 Å². The van der Waals surface area contributed by atoms with Crippen molar-refractivity contribution in [2.45, 2.75) is 12.6 Å². The third kappa shape index (κ3) is 4.35. The molecule has 0 aliphatic rings. The molecule has 9 heteroatoms. The highest BCUT2D eigenvalue weighted by Crippen LogP contribution is 2.59. The van der Waals surface area contributed by atoms with Crippen LogP contribution >= 0.6 is 30.3 Å². The van der Waals surface area contributed by atoms with E-state index in [4.69, 9.17) is 16.1 Å². The number of hydrogen-bond acceptors (Lipinski definition) is 4. The van der Waals surface area contributed by atoms with Crippen molar-refractivity contribution in [1.29, 1.82) is 0 Å². The summed E-state index contributed by atoms with van der Waals surface area (Å²) in [5.41, 5.74) is -0.625. The summed E-state index contributed by atoms with van der Waals surface area (Å²) in [6, 6.07) is 8.29. The van der Waals surface area contributed by atoms with Gasteiger partial charge in [-0.2, -0.15) is 0 Å². The number of rotatable bonds is 7. The maximum absolute atomic E-state index is 13.8. The second kappa shape index (κ2) is 8.98. The molecule has 0 saturated heterocycles. The Labute approximate surface area is 182 Å². The summed E-state index contributed by atoms with van der Waals surface area (Å²) < 4.78 is 47.0. The highest BCUT2D eigenvalue weighted by molar-refractivity contribution is 7.59. The van der Waals surface area contributed by atoms with Crippen molar-refractivity contribution in [3.05, 3.63) is 76.8 Å². The minimum atomic E-state index is -3.52. The molecule has 2 atom stereocenters. The molecule has 30 heavy (non-hydrogen) atoms. The summed E-state index contributed by atoms with van der Waals surface area (Å²) in [4.78, 5) is 14.6. The number of nitrogens with zero attached hydrogens (tertiary/aromatic N) is 1. The van der Waals surface area contributed by atoms with Crippen molar-refractivity contribution in [2.24, 2.45) is 0 Å². The Hall–Kier alpha value is -2.05. The van der Waals surface area contributed by atoms with Crippen LogP contribution in [0.1, 0.15) is 18.1 Å². The topological polar surface area (TPSA) is 46.6 Å². The molecule has 1 aromatic heterocycles. The third-order valence-electron chi connectivity index (χ3n) is 4.55. The number of hydrogen-bond donors (Lipinski definition) is 0. The van der Waals surface area contributed by atoms with Crippen LogP contribution in [0.3, 0.4) is 0 Å². The number of benzene rings is 2. The van der Waals surface area contributed by atoms with Crippen LogP contribution in [-0.4, -0.2) is 19.2 Å². The first-order valence-corrected chi connectivity index (χ1v) is 12.4. The first-order chi connectivity index (χ1) is 14.2. The summed E-state index contributed by atoms with van der Waals surface area (Å²) in [7, 11) is -3.52. The van der Waals surface area contributed by atoms with E-state index in [1.165, 1.54) is 30.3 Å². The molecule has 0 aliphatic carbocycles. The molecule has 158 valence electrons. The van der Waals surface area contributed by atoms with Crippen molar-refractivity contribution in [1.82, 2.24) is 0 Å². The van der Waals surface area contributed by atoms with E-state index in [2.05, 4.69) is 6.58 Å². The Morgan fingerprint density at radius 1 is 1.30 bits per heavy atom. The monoisotopic (exact) mass is 469 g/mol. The zero-order chi connectivity index (χ0) is 22.1. The van der Waals surface area contributed by atoms with Crippen LogP contribution in [0, 0.1) is 11.6 Å². The lowest BCUT2D eigenvalue weighted by Gasteiger charge is -2.28. The minimum absolute atomic E-state index is 0.0629. The van der Waals surface area contributed by atoms with Crippen LogP contribution in [0.15, 0.2) is 54.6 Å². The molecule has 0 N–H and O–H groups in total. The van der Waals surface area contributed by atoms with Crippen LogP contribution in [0.25, 0.3) is 10.1 Å². The lowest BCUT2D eigenvalue weighted by Crippen LogP contribution is -2.31. The molecule has 0 radical (unpaired) electrons. The predicted octanol–water partition coefficient (Wildman–Crippen LogP) is 7.00. The molecule has 0 fully saturated rings. The van der Waals surface area contributed by atoms with E-state index in [-0.39, 0.29) is 12.3 Å². The summed E-state index contributed by atoms with van der Waals surface area (Å²) in [5.74, 6) is -2.78. The van der Waals surface area contributed by atoms with E-state index in [1.807, 2.05) is 6.07 Å². The van der Waals surface area contributed by atoms with Gasteiger partial charge in [0.05, 0.1) is 12.3 Å². The molecule has 2 unspecified atom stereocenters. The zero-order valence-corrected chi connectivity index (χ0v) is 18.7. The van der Waals surface area contributed by atoms with Crippen molar-refractivity contribution in [2.75, 3.05) is 18.2 Å². The fourth-order valence-electron chi connectivity index (χ4n) is 3.24. The number of amides is 1. The average Bonchev–Trinajstić information content (AvgIpc) is 3.07. The summed E-state index contributed by atoms with van der Waals surface area (Å²) in [6.45, 7) is 6.83. The van der Waals surface area contributed by atoms with E-state index >= 15 is 0 Å². The molecule has 3 rings (SSSR count). The molecule has 4 nitrogen and oxygen atoms in total. The lowest BCUT2D eigenvalue weighted by atomic mass is 10.1. The van der Waals surface area contributed by atoms with E-state index < -0.39 is 30.6 Å². The Bertz CT molecular complexity index is 1170. The number of fused-ring (bicyclic) bond motifs is 1. The quantitative estimate of drug-likeness (QED) is 0.350. The number of carbonyl (C=O) groups excluding carboxylic acids is 1. The van der Waals surface area contributed by atoms with Gasteiger partial charge >= 0.3 is 0 Å². The first kappa shape index (κ1) is 22.6. The molecule has 3 aromatic rings. The molecule has 0 aliphatic heterocycles. The summed E-state index contributed by atoms with van der Waals surface area (Å²) in [5, 5.41) is 2.89. The van der Waals surface area contributed by atoms with E-state index in [0.717, 1.165) is 21.7 Å². The number of carbonyl (C=O) groups is 1. The Balaban J connectivity index is 2.17. The number of thiophene rings is 1. The molecule has 0 saturated carbocycles. The molecular weight excluding hydrogens is 451 g/mol.